The van der Waals surface area contributed by atoms with Gasteiger partial charge in [-0.1, -0.05) is 13.8 Å². The Kier molecular flexibility index (Phi) is 6.66. The van der Waals surface area contributed by atoms with Gasteiger partial charge in [-0.05, 0) is 59.8 Å². The molecule has 3 nitrogen and oxygen atoms in total. The van der Waals surface area contributed by atoms with Crippen molar-refractivity contribution in [3.8, 4) is 11.5 Å². The predicted molar refractivity (Wildman–Crippen MR) is 83.0 cm³/mol. The van der Waals surface area contributed by atoms with E-state index in [1.54, 1.807) is 7.11 Å². The number of hydrogen-bond donors (Lipinski definition) is 1. The highest BCUT2D eigenvalue weighted by molar-refractivity contribution is 9.10. The molecule has 0 aliphatic rings. The fraction of sp³-hybridized carbons (Fsp3) is 0.600. The van der Waals surface area contributed by atoms with Crippen molar-refractivity contribution < 1.29 is 9.47 Å². The van der Waals surface area contributed by atoms with Crippen LogP contribution in [0.2, 0.25) is 0 Å². The lowest BCUT2D eigenvalue weighted by molar-refractivity contribution is 0.183. The summed E-state index contributed by atoms with van der Waals surface area (Å²) >= 11 is 3.57. The Labute approximate surface area is 124 Å². The molecule has 4 heteroatoms. The molecular formula is C15H24BrNO2. The average molecular weight is 330 g/mol. The Bertz CT molecular complexity index is 403. The second-order valence-corrected chi connectivity index (χ2v) is 5.70. The Morgan fingerprint density at radius 2 is 1.89 bits per heavy atom. The van der Waals surface area contributed by atoms with Gasteiger partial charge in [0.1, 0.15) is 0 Å². The highest BCUT2D eigenvalue weighted by Crippen LogP contribution is 2.38. The normalized spacial score (nSPS) is 12.6. The number of benzene rings is 1. The maximum atomic E-state index is 6.02. The lowest BCUT2D eigenvalue weighted by Crippen LogP contribution is -2.18. The van der Waals surface area contributed by atoms with E-state index < -0.39 is 0 Å². The van der Waals surface area contributed by atoms with Crippen molar-refractivity contribution in [3.05, 3.63) is 22.2 Å². The van der Waals surface area contributed by atoms with Crippen LogP contribution in [0.1, 0.15) is 39.2 Å². The summed E-state index contributed by atoms with van der Waals surface area (Å²) in [4.78, 5) is 0. The molecule has 0 aromatic heterocycles. The van der Waals surface area contributed by atoms with Crippen LogP contribution < -0.4 is 15.2 Å². The molecule has 0 bridgehead atoms. The quantitative estimate of drug-likeness (QED) is 0.824. The molecule has 1 aromatic rings. The summed E-state index contributed by atoms with van der Waals surface area (Å²) in [5, 5.41) is 0. The molecule has 0 spiro atoms. The zero-order chi connectivity index (χ0) is 14.4. The SMILES string of the molecule is CCC(CC)Oc1c(Br)cc(CC(C)N)cc1OC. The van der Waals surface area contributed by atoms with Crippen LogP contribution in [-0.2, 0) is 6.42 Å². The van der Waals surface area contributed by atoms with Crippen molar-refractivity contribution in [3.63, 3.8) is 0 Å². The van der Waals surface area contributed by atoms with Crippen LogP contribution in [0.4, 0.5) is 0 Å². The van der Waals surface area contributed by atoms with Crippen molar-refractivity contribution in [2.24, 2.45) is 5.73 Å². The first-order valence-corrected chi connectivity index (χ1v) is 7.59. The number of methoxy groups -OCH3 is 1. The minimum atomic E-state index is 0.127. The molecule has 2 N–H and O–H groups in total. The van der Waals surface area contributed by atoms with Crippen molar-refractivity contribution in [2.75, 3.05) is 7.11 Å². The van der Waals surface area contributed by atoms with Crippen molar-refractivity contribution in [2.45, 2.75) is 52.2 Å². The topological polar surface area (TPSA) is 44.5 Å². The van der Waals surface area contributed by atoms with E-state index in [1.165, 1.54) is 0 Å². The molecule has 0 aliphatic carbocycles. The van der Waals surface area contributed by atoms with E-state index in [2.05, 4.69) is 35.8 Å². The van der Waals surface area contributed by atoms with Gasteiger partial charge >= 0.3 is 0 Å². The highest BCUT2D eigenvalue weighted by Gasteiger charge is 2.15. The van der Waals surface area contributed by atoms with Crippen LogP contribution in [0.3, 0.4) is 0 Å². The third-order valence-corrected chi connectivity index (χ3v) is 3.63. The molecule has 0 heterocycles. The maximum Gasteiger partial charge on any atom is 0.175 e. The first-order valence-electron chi connectivity index (χ1n) is 6.80. The van der Waals surface area contributed by atoms with Gasteiger partial charge < -0.3 is 15.2 Å². The second-order valence-electron chi connectivity index (χ2n) is 4.85. The average Bonchev–Trinajstić information content (AvgIpc) is 2.36. The van der Waals surface area contributed by atoms with E-state index >= 15 is 0 Å². The summed E-state index contributed by atoms with van der Waals surface area (Å²) in [7, 11) is 1.66. The summed E-state index contributed by atoms with van der Waals surface area (Å²) in [5.41, 5.74) is 6.99. The smallest absolute Gasteiger partial charge is 0.175 e. The van der Waals surface area contributed by atoms with Gasteiger partial charge in [0.2, 0.25) is 0 Å². The van der Waals surface area contributed by atoms with Gasteiger partial charge in [-0.15, -0.1) is 0 Å². The minimum absolute atomic E-state index is 0.127. The monoisotopic (exact) mass is 329 g/mol. The molecule has 108 valence electrons. The molecule has 0 radical (unpaired) electrons. The zero-order valence-corrected chi connectivity index (χ0v) is 13.8. The Morgan fingerprint density at radius 1 is 1.26 bits per heavy atom. The van der Waals surface area contributed by atoms with Gasteiger partial charge in [-0.2, -0.15) is 0 Å². The van der Waals surface area contributed by atoms with Crippen molar-refractivity contribution in [1.29, 1.82) is 0 Å². The molecule has 1 rings (SSSR count). The molecule has 0 aliphatic heterocycles. The van der Waals surface area contributed by atoms with Crippen molar-refractivity contribution in [1.82, 2.24) is 0 Å². The van der Waals surface area contributed by atoms with Gasteiger partial charge in [-0.25, -0.2) is 0 Å². The predicted octanol–water partition coefficient (Wildman–Crippen LogP) is 3.91. The van der Waals surface area contributed by atoms with Crippen LogP contribution in [0.5, 0.6) is 11.5 Å². The van der Waals surface area contributed by atoms with Crippen molar-refractivity contribution >= 4 is 15.9 Å². The third-order valence-electron chi connectivity index (χ3n) is 3.04. The van der Waals surface area contributed by atoms with E-state index in [0.29, 0.717) is 0 Å². The molecule has 0 saturated carbocycles. The number of hydrogen-bond acceptors (Lipinski definition) is 3. The molecule has 19 heavy (non-hydrogen) atoms. The lowest BCUT2D eigenvalue weighted by Gasteiger charge is -2.20. The minimum Gasteiger partial charge on any atom is -0.493 e. The van der Waals surface area contributed by atoms with Gasteiger partial charge in [0, 0.05) is 6.04 Å². The summed E-state index contributed by atoms with van der Waals surface area (Å²) in [6.07, 6.45) is 2.99. The number of nitrogens with two attached hydrogens (primary N) is 1. The van der Waals surface area contributed by atoms with Gasteiger partial charge in [0.15, 0.2) is 11.5 Å². The lowest BCUT2D eigenvalue weighted by atomic mass is 10.1. The Hall–Kier alpha value is -0.740. The largest absolute Gasteiger partial charge is 0.493 e. The van der Waals surface area contributed by atoms with Gasteiger partial charge in [-0.3, -0.25) is 0 Å². The first kappa shape index (κ1) is 16.3. The van der Waals surface area contributed by atoms with Crippen LogP contribution in [-0.4, -0.2) is 19.3 Å². The summed E-state index contributed by atoms with van der Waals surface area (Å²) in [6.45, 7) is 6.24. The van der Waals surface area contributed by atoms with Gasteiger partial charge in [0.25, 0.3) is 0 Å². The number of halogens is 1. The highest BCUT2D eigenvalue weighted by atomic mass is 79.9. The van der Waals surface area contributed by atoms with Crippen LogP contribution in [0.15, 0.2) is 16.6 Å². The number of ether oxygens (including phenoxy) is 2. The first-order chi connectivity index (χ1) is 9.01. The molecule has 0 fully saturated rings. The van der Waals surface area contributed by atoms with Crippen LogP contribution in [0.25, 0.3) is 0 Å². The fourth-order valence-electron chi connectivity index (χ4n) is 2.00. The van der Waals surface area contributed by atoms with Crippen LogP contribution in [0, 0.1) is 0 Å². The van der Waals surface area contributed by atoms with E-state index in [1.807, 2.05) is 13.0 Å². The zero-order valence-electron chi connectivity index (χ0n) is 12.2. The third kappa shape index (κ3) is 4.69. The van der Waals surface area contributed by atoms with E-state index in [-0.39, 0.29) is 12.1 Å². The summed E-state index contributed by atoms with van der Waals surface area (Å²) in [6, 6.07) is 4.19. The van der Waals surface area contributed by atoms with Gasteiger partial charge in [0.05, 0.1) is 17.7 Å². The molecular weight excluding hydrogens is 306 g/mol. The fourth-order valence-corrected chi connectivity index (χ4v) is 2.58. The van der Waals surface area contributed by atoms with Crippen LogP contribution >= 0.6 is 15.9 Å². The number of rotatable bonds is 7. The maximum absolute atomic E-state index is 6.02. The molecule has 1 unspecified atom stereocenters. The second kappa shape index (κ2) is 7.75. The van der Waals surface area contributed by atoms with E-state index in [4.69, 9.17) is 15.2 Å². The summed E-state index contributed by atoms with van der Waals surface area (Å²) < 4.78 is 12.4. The Morgan fingerprint density at radius 3 is 2.37 bits per heavy atom. The molecule has 0 saturated heterocycles. The summed E-state index contributed by atoms with van der Waals surface area (Å²) in [5.74, 6) is 1.54. The Balaban J connectivity index is 3.03. The molecule has 0 amide bonds. The van der Waals surface area contributed by atoms with E-state index in [9.17, 15) is 0 Å². The molecule has 1 atom stereocenters. The standard InChI is InChI=1S/C15H24BrNO2/c1-5-12(6-2)19-15-13(16)8-11(7-10(3)17)9-14(15)18-4/h8-10,12H,5-7,17H2,1-4H3. The van der Waals surface area contributed by atoms with E-state index in [0.717, 1.165) is 40.8 Å². The molecule has 1 aromatic carbocycles.